The smallest absolute Gasteiger partial charge is 0.345 e. The lowest BCUT2D eigenvalue weighted by molar-refractivity contribution is -0.138. The third-order valence-electron chi connectivity index (χ3n) is 4.63. The number of rotatable bonds is 4. The van der Waals surface area contributed by atoms with E-state index in [9.17, 15) is 9.59 Å². The van der Waals surface area contributed by atoms with Crippen molar-refractivity contribution in [3.63, 3.8) is 0 Å². The Hall–Kier alpha value is -3.19. The molecule has 1 aliphatic rings. The maximum Gasteiger partial charge on any atom is 0.345 e. The van der Waals surface area contributed by atoms with E-state index in [1.165, 1.54) is 6.21 Å². The first kappa shape index (κ1) is 18.6. The Morgan fingerprint density at radius 1 is 1.19 bits per heavy atom. The van der Waals surface area contributed by atoms with Crippen molar-refractivity contribution in [3.8, 4) is 0 Å². The number of hydrogen-bond donors (Lipinski definition) is 2. The minimum atomic E-state index is -0.686. The monoisotopic (exact) mass is 366 g/mol. The molecule has 7 heteroatoms. The molecule has 0 radical (unpaired) electrons. The van der Waals surface area contributed by atoms with Gasteiger partial charge in [0.05, 0.1) is 29.9 Å². The van der Waals surface area contributed by atoms with Crippen LogP contribution < -0.4 is 16.7 Å². The molecule has 0 saturated carbocycles. The fraction of sp³-hybridized carbons (Fsp3) is 0.250. The molecule has 27 heavy (non-hydrogen) atoms. The minimum absolute atomic E-state index is 0.0501. The summed E-state index contributed by atoms with van der Waals surface area (Å²) in [4.78, 5) is 24.4. The molecule has 2 aromatic rings. The highest BCUT2D eigenvalue weighted by Gasteiger charge is 2.26. The summed E-state index contributed by atoms with van der Waals surface area (Å²) >= 11 is 0. The first-order valence-corrected chi connectivity index (χ1v) is 8.78. The van der Waals surface area contributed by atoms with Crippen LogP contribution in [0.5, 0.6) is 0 Å². The van der Waals surface area contributed by atoms with Crippen molar-refractivity contribution in [1.82, 2.24) is 0 Å². The lowest BCUT2D eigenvalue weighted by Crippen LogP contribution is -2.42. The number of aryl methyl sites for hydroxylation is 1. The number of nitrogens with zero attached hydrogens (tertiary/aromatic N) is 2. The third kappa shape index (κ3) is 4.51. The Bertz CT molecular complexity index is 849. The second kappa shape index (κ2) is 8.46. The molecular weight excluding hydrogens is 344 g/mol. The van der Waals surface area contributed by atoms with E-state index >= 15 is 0 Å². The Kier molecular flexibility index (Phi) is 5.83. The molecule has 140 valence electrons. The topological polar surface area (TPSA) is 111 Å². The van der Waals surface area contributed by atoms with E-state index in [-0.39, 0.29) is 18.0 Å². The Balaban J connectivity index is 1.62. The van der Waals surface area contributed by atoms with E-state index in [1.807, 2.05) is 24.3 Å². The highest BCUT2D eigenvalue weighted by atomic mass is 16.6. The van der Waals surface area contributed by atoms with Gasteiger partial charge in [-0.1, -0.05) is 30.3 Å². The van der Waals surface area contributed by atoms with Crippen molar-refractivity contribution in [2.45, 2.75) is 31.7 Å². The number of fused-ring (bicyclic) bond motifs is 1. The average molecular weight is 366 g/mol. The van der Waals surface area contributed by atoms with Crippen LogP contribution >= 0.6 is 0 Å². The summed E-state index contributed by atoms with van der Waals surface area (Å²) < 4.78 is 5.00. The summed E-state index contributed by atoms with van der Waals surface area (Å²) in [5, 5.41) is 5.03. The fourth-order valence-electron chi connectivity index (χ4n) is 3.23. The van der Waals surface area contributed by atoms with Crippen LogP contribution in [-0.4, -0.2) is 24.2 Å². The number of hydrogen-bond acceptors (Lipinski definition) is 7. The van der Waals surface area contributed by atoms with E-state index in [1.54, 1.807) is 29.3 Å². The highest BCUT2D eigenvalue weighted by Crippen LogP contribution is 2.28. The van der Waals surface area contributed by atoms with Crippen LogP contribution in [0.15, 0.2) is 53.6 Å². The summed E-state index contributed by atoms with van der Waals surface area (Å²) in [6.45, 7) is 0. The van der Waals surface area contributed by atoms with Gasteiger partial charge in [-0.2, -0.15) is 5.10 Å². The summed E-state index contributed by atoms with van der Waals surface area (Å²) in [6, 6.07) is 14.1. The maximum atomic E-state index is 12.3. The van der Waals surface area contributed by atoms with Crippen LogP contribution in [-0.2, 0) is 16.0 Å². The summed E-state index contributed by atoms with van der Waals surface area (Å²) in [5.41, 5.74) is 3.11. The van der Waals surface area contributed by atoms with E-state index in [2.05, 4.69) is 5.10 Å². The SMILES string of the molecule is NN=Cc1ccc(C(=O)OC(=O)CC2CCCc3ccccc3N2N)cc1. The molecule has 0 aliphatic carbocycles. The quantitative estimate of drug-likeness (QED) is 0.282. The molecular formula is C20H22N4O3. The van der Waals surface area contributed by atoms with Gasteiger partial charge in [0.2, 0.25) is 0 Å². The lowest BCUT2D eigenvalue weighted by Gasteiger charge is -2.27. The van der Waals surface area contributed by atoms with Crippen molar-refractivity contribution >= 4 is 23.8 Å². The molecule has 4 N–H and O–H groups in total. The van der Waals surface area contributed by atoms with Gasteiger partial charge in [0.25, 0.3) is 0 Å². The Morgan fingerprint density at radius 2 is 1.93 bits per heavy atom. The van der Waals surface area contributed by atoms with Gasteiger partial charge in [-0.3, -0.25) is 4.79 Å². The van der Waals surface area contributed by atoms with Crippen LogP contribution in [0, 0.1) is 0 Å². The number of carbonyl (C=O) groups excluding carboxylic acids is 2. The molecule has 0 fully saturated rings. The molecule has 7 nitrogen and oxygen atoms in total. The molecule has 1 unspecified atom stereocenters. The van der Waals surface area contributed by atoms with Gasteiger partial charge in [-0.05, 0) is 48.6 Å². The first-order chi connectivity index (χ1) is 13.1. The van der Waals surface area contributed by atoms with Crippen molar-refractivity contribution in [2.24, 2.45) is 16.8 Å². The number of esters is 2. The normalized spacial score (nSPS) is 16.6. The van der Waals surface area contributed by atoms with Crippen LogP contribution in [0.4, 0.5) is 5.69 Å². The van der Waals surface area contributed by atoms with Crippen molar-refractivity contribution < 1.29 is 14.3 Å². The van der Waals surface area contributed by atoms with Gasteiger partial charge in [-0.15, -0.1) is 0 Å². The van der Waals surface area contributed by atoms with Crippen LogP contribution in [0.3, 0.4) is 0 Å². The van der Waals surface area contributed by atoms with Crippen LogP contribution in [0.1, 0.15) is 40.7 Å². The number of hydrazine groups is 1. The standard InChI is InChI=1S/C20H22N4O3/c21-23-13-14-8-10-16(11-9-14)20(26)27-19(25)12-17-6-3-5-15-4-1-2-7-18(15)24(17)22/h1-2,4,7-11,13,17H,3,5-6,12,21-22H2. The molecule has 1 atom stereocenters. The largest absolute Gasteiger partial charge is 0.389 e. The molecule has 1 aliphatic heterocycles. The number of ether oxygens (including phenoxy) is 1. The van der Waals surface area contributed by atoms with Crippen molar-refractivity contribution in [3.05, 3.63) is 65.2 Å². The average Bonchev–Trinajstić information content (AvgIpc) is 2.82. The van der Waals surface area contributed by atoms with E-state index < -0.39 is 11.9 Å². The molecule has 0 spiro atoms. The molecule has 3 rings (SSSR count). The number of hydrazone groups is 1. The lowest BCUT2D eigenvalue weighted by atomic mass is 10.1. The van der Waals surface area contributed by atoms with Gasteiger partial charge in [0.15, 0.2) is 0 Å². The van der Waals surface area contributed by atoms with E-state index in [4.69, 9.17) is 16.4 Å². The van der Waals surface area contributed by atoms with E-state index in [0.29, 0.717) is 0 Å². The predicted molar refractivity (Wildman–Crippen MR) is 103 cm³/mol. The van der Waals surface area contributed by atoms with Crippen molar-refractivity contribution in [2.75, 3.05) is 5.01 Å². The molecule has 0 aromatic heterocycles. The summed E-state index contributed by atoms with van der Waals surface area (Å²) in [7, 11) is 0. The highest BCUT2D eigenvalue weighted by molar-refractivity contribution is 5.97. The van der Waals surface area contributed by atoms with Gasteiger partial charge in [0, 0.05) is 0 Å². The zero-order valence-corrected chi connectivity index (χ0v) is 14.9. The predicted octanol–water partition coefficient (Wildman–Crippen LogP) is 2.14. The number of para-hydroxylation sites is 1. The third-order valence-corrected chi connectivity index (χ3v) is 4.63. The number of benzene rings is 2. The number of nitrogens with two attached hydrogens (primary N) is 2. The zero-order valence-electron chi connectivity index (χ0n) is 14.9. The van der Waals surface area contributed by atoms with Gasteiger partial charge < -0.3 is 15.6 Å². The second-order valence-electron chi connectivity index (χ2n) is 6.45. The Morgan fingerprint density at radius 3 is 2.67 bits per heavy atom. The van der Waals surface area contributed by atoms with Gasteiger partial charge >= 0.3 is 11.9 Å². The van der Waals surface area contributed by atoms with Gasteiger partial charge in [-0.25, -0.2) is 10.6 Å². The van der Waals surface area contributed by atoms with Crippen LogP contribution in [0.2, 0.25) is 0 Å². The summed E-state index contributed by atoms with van der Waals surface area (Å²) in [5.74, 6) is 10.1. The molecule has 0 amide bonds. The molecule has 2 aromatic carbocycles. The number of carbonyl (C=O) groups is 2. The fourth-order valence-corrected chi connectivity index (χ4v) is 3.23. The van der Waals surface area contributed by atoms with E-state index in [0.717, 1.165) is 36.1 Å². The molecule has 0 saturated heterocycles. The first-order valence-electron chi connectivity index (χ1n) is 8.78. The minimum Gasteiger partial charge on any atom is -0.389 e. The summed E-state index contributed by atoms with van der Waals surface area (Å²) in [6.07, 6.45) is 4.09. The zero-order chi connectivity index (χ0) is 19.2. The molecule has 0 bridgehead atoms. The van der Waals surface area contributed by atoms with Crippen LogP contribution in [0.25, 0.3) is 0 Å². The maximum absolute atomic E-state index is 12.3. The Labute approximate surface area is 157 Å². The molecule has 1 heterocycles. The van der Waals surface area contributed by atoms with Crippen molar-refractivity contribution in [1.29, 1.82) is 0 Å². The second-order valence-corrected chi connectivity index (χ2v) is 6.45. The number of anilines is 1. The van der Waals surface area contributed by atoms with Gasteiger partial charge in [0.1, 0.15) is 0 Å².